The van der Waals surface area contributed by atoms with Gasteiger partial charge in [0.25, 0.3) is 0 Å². The third-order valence-electron chi connectivity index (χ3n) is 23.9. The van der Waals surface area contributed by atoms with Crippen molar-refractivity contribution in [3.63, 3.8) is 0 Å². The number of primary sulfonamides is 2. The molecule has 37 nitrogen and oxygen atoms in total. The zero-order valence-corrected chi connectivity index (χ0v) is 83.4. The van der Waals surface area contributed by atoms with Crippen molar-refractivity contribution in [3.05, 3.63) is 295 Å². The minimum absolute atomic E-state index is 0.00726. The van der Waals surface area contributed by atoms with Crippen molar-refractivity contribution in [2.24, 2.45) is 27.7 Å². The molecule has 0 radical (unpaired) electrons. The number of carbonyl (C=O) groups excluding carboxylic acids is 4. The van der Waals surface area contributed by atoms with Crippen molar-refractivity contribution in [2.45, 2.75) is 142 Å². The molecule has 0 saturated carbocycles. The fourth-order valence-corrected chi connectivity index (χ4v) is 17.1. The molecule has 4 amide bonds. The number of halogens is 1. The maximum atomic E-state index is 12.2. The number of hydrogen-bond acceptors (Lipinski definition) is 30. The van der Waals surface area contributed by atoms with E-state index in [9.17, 15) is 36.0 Å². The Labute approximate surface area is 836 Å². The second-order valence-electron chi connectivity index (χ2n) is 34.7. The summed E-state index contributed by atoms with van der Waals surface area (Å²) in [5.74, 6) is 2.79. The number of hydrogen-bond donors (Lipinski definition) is 14. The molecular formula is C103H120ClN29O8S2. The second kappa shape index (κ2) is 49.3. The molecule has 7 aromatic heterocycles. The molecule has 0 atom stereocenters. The van der Waals surface area contributed by atoms with Crippen LogP contribution in [0.25, 0.3) is 56.1 Å². The van der Waals surface area contributed by atoms with Crippen LogP contribution in [0.15, 0.2) is 210 Å². The van der Waals surface area contributed by atoms with Crippen LogP contribution in [-0.2, 0) is 74.6 Å². The van der Waals surface area contributed by atoms with E-state index in [1.54, 1.807) is 66.7 Å². The number of primary amides is 2. The molecule has 0 spiro atoms. The Morgan fingerprint density at radius 1 is 0.420 bits per heavy atom. The van der Waals surface area contributed by atoms with E-state index in [1.165, 1.54) is 46.5 Å². The van der Waals surface area contributed by atoms with Gasteiger partial charge >= 0.3 is 0 Å². The van der Waals surface area contributed by atoms with E-state index < -0.39 is 31.9 Å². The molecule has 7 aromatic carbocycles. The summed E-state index contributed by atoms with van der Waals surface area (Å²) in [6.45, 7) is 20.2. The number of benzene rings is 7. The van der Waals surface area contributed by atoms with E-state index in [1.807, 2.05) is 135 Å². The average molecular weight is 1990 g/mol. The number of imidazole rings is 1. The summed E-state index contributed by atoms with van der Waals surface area (Å²) in [6, 6.07) is 55.2. The number of aromatic nitrogens is 14. The highest BCUT2D eigenvalue weighted by Crippen LogP contribution is 2.33. The maximum Gasteiger partial charge on any atom is 0.248 e. The number of carbonyl (C=O) groups is 4. The lowest BCUT2D eigenvalue weighted by Crippen LogP contribution is -2.37. The molecule has 143 heavy (non-hydrogen) atoms. The Hall–Kier alpha value is -15.8. The summed E-state index contributed by atoms with van der Waals surface area (Å²) in [5, 5.41) is 20.8. The highest BCUT2D eigenvalue weighted by molar-refractivity contribution is 7.89. The number of anilines is 9. The number of amides is 4. The Balaban J connectivity index is 0.000000160. The normalized spacial score (nSPS) is 12.4. The van der Waals surface area contributed by atoms with E-state index in [-0.39, 0.29) is 63.2 Å². The van der Waals surface area contributed by atoms with Crippen LogP contribution in [0.5, 0.6) is 0 Å². The van der Waals surface area contributed by atoms with Gasteiger partial charge in [-0.1, -0.05) is 135 Å². The largest absolute Gasteiger partial charge is 0.370 e. The SMILES string of the molecule is CC(=O)N1CC=C(c2cc(CCCc3ccc(S(N)(=O)=O)cc3)nc(N)n2)CC1.CC(C)C(=O)N1CC=C(c2cc(CCCc3ccc(S(N)(=O)=O)cc3)nc(N)n2)CC1.Cc1c(Cl)cccc1-c1cc(NCCc2ccc(C(N)=O)cc2)nc(N)n1.Cc1cccc(-c2cc(NCCCc3nc(N)nc4nc[nH]c34)nc(N)n2)c1C.Cc1cccc(-c2cc(NCCc3ccc(C(N)=O)cc3)nc(N)n2)c1C. The van der Waals surface area contributed by atoms with Gasteiger partial charge in [0.1, 0.15) is 23.0 Å². The fraction of sp³-hybridized carbons (Fsp3) is 0.272. The van der Waals surface area contributed by atoms with Gasteiger partial charge in [-0.15, -0.1) is 0 Å². The monoisotopic (exact) mass is 1990 g/mol. The lowest BCUT2D eigenvalue weighted by molar-refractivity contribution is -0.134. The van der Waals surface area contributed by atoms with Crippen molar-refractivity contribution < 1.29 is 36.0 Å². The van der Waals surface area contributed by atoms with E-state index >= 15 is 0 Å². The number of H-pyrrole nitrogens is 1. The minimum Gasteiger partial charge on any atom is -0.370 e. The molecule has 0 saturated heterocycles. The molecule has 0 aliphatic carbocycles. The van der Waals surface area contributed by atoms with Gasteiger partial charge in [0.15, 0.2) is 5.65 Å². The molecule has 2 aliphatic heterocycles. The summed E-state index contributed by atoms with van der Waals surface area (Å²) >= 11 is 6.21. The van der Waals surface area contributed by atoms with Gasteiger partial charge in [-0.3, -0.25) is 19.2 Å². The first-order valence-electron chi connectivity index (χ1n) is 46.4. The Bertz CT molecular complexity index is 7040. The van der Waals surface area contributed by atoms with Gasteiger partial charge in [0, 0.05) is 121 Å². The molecule has 744 valence electrons. The summed E-state index contributed by atoms with van der Waals surface area (Å²) in [5.41, 5.74) is 69.9. The number of rotatable bonds is 31. The van der Waals surface area contributed by atoms with Crippen LogP contribution in [0.1, 0.15) is 152 Å². The topological polar surface area (TPSA) is 623 Å². The van der Waals surface area contributed by atoms with E-state index in [2.05, 4.69) is 126 Å². The molecule has 0 bridgehead atoms. The summed E-state index contributed by atoms with van der Waals surface area (Å²) in [6.07, 6.45) is 14.9. The molecule has 0 unspecified atom stereocenters. The number of fused-ring (bicyclic) bond motifs is 1. The molecule has 2 aliphatic rings. The molecule has 24 N–H and O–H groups in total. The van der Waals surface area contributed by atoms with E-state index in [4.69, 9.17) is 67.7 Å². The first-order valence-corrected chi connectivity index (χ1v) is 49.9. The number of nitrogens with two attached hydrogens (primary N) is 10. The van der Waals surface area contributed by atoms with Crippen molar-refractivity contribution in [3.8, 4) is 33.8 Å². The van der Waals surface area contributed by atoms with Crippen LogP contribution in [0.4, 0.5) is 53.1 Å². The van der Waals surface area contributed by atoms with Crippen molar-refractivity contribution in [1.29, 1.82) is 0 Å². The summed E-state index contributed by atoms with van der Waals surface area (Å²) < 4.78 is 45.3. The van der Waals surface area contributed by atoms with Crippen LogP contribution in [-0.4, -0.2) is 166 Å². The highest BCUT2D eigenvalue weighted by atomic mass is 35.5. The standard InChI is InChI=1S/C22H29N5O3S.C21H23N5O.C20H20ClN5O.C20H23N9.C20H25N5O3S/c1-15(2)21(28)27-12-10-17(11-13-27)20-14-18(25-22(23)26-20)5-3-4-16-6-8-19(9-7-16)31(24,29)30;1-13-4-3-5-17(14(13)2)18-12-19(26-21(23)25-18)24-11-10-15-6-8-16(9-7-15)20(22)27;1-12-15(3-2-4-16(12)21)17-11-18(26-20(23)25-17)24-10-9-13-5-7-14(8-6-13)19(22)27;1-11-5-3-6-13(12(11)2)15-9-16(28-19(21)27-15)23-8-4-7-14-17-18(25-10-24-17)29-20(22)26-14;1-14(26)25-11-9-16(10-12-25)19-13-17(23-20(21)24-19)4-2-3-15-5-7-18(8-6-15)29(22,27)28/h6-10,14-15H,3-5,11-13H2,1-2H3,(H2,23,25,26)(H2,24,29,30);3-9,12H,10-11H2,1-2H3,(H2,22,27)(H3,23,24,25,26);2-8,11H,9-10H2,1H3,(H2,22,27)(H3,23,24,25,26);3,5-6,9-10H,4,7-8H2,1-2H3,(H3,21,23,27,28)(H3,22,24,25,26,29);5-9,13H,2-4,10-12H2,1H3,(H2,21,23,24)(H2,22,27,28). The van der Waals surface area contributed by atoms with Crippen LogP contribution >= 0.6 is 11.6 Å². The van der Waals surface area contributed by atoms with Crippen molar-refractivity contribution in [2.75, 3.05) is 96.2 Å². The van der Waals surface area contributed by atoms with Crippen LogP contribution in [0.2, 0.25) is 5.02 Å². The number of nitrogens with one attached hydrogen (secondary N) is 4. The van der Waals surface area contributed by atoms with Gasteiger partial charge in [0.2, 0.25) is 79.4 Å². The maximum absolute atomic E-state index is 12.2. The quantitative estimate of drug-likeness (QED) is 0.0179. The van der Waals surface area contributed by atoms with Crippen LogP contribution in [0.3, 0.4) is 0 Å². The molecule has 16 rings (SSSR count). The Morgan fingerprint density at radius 2 is 0.797 bits per heavy atom. The molecule has 40 heteroatoms. The highest BCUT2D eigenvalue weighted by Gasteiger charge is 2.24. The third-order valence-corrected chi connectivity index (χ3v) is 26.2. The number of sulfonamides is 2. The zero-order valence-electron chi connectivity index (χ0n) is 81.0. The molecular weight excluding hydrogens is 1870 g/mol. The van der Waals surface area contributed by atoms with Crippen LogP contribution < -0.4 is 72.1 Å². The van der Waals surface area contributed by atoms with E-state index in [0.29, 0.717) is 85.1 Å². The van der Waals surface area contributed by atoms with Crippen molar-refractivity contribution >= 4 is 131 Å². The molecule has 9 heterocycles. The van der Waals surface area contributed by atoms with Crippen molar-refractivity contribution in [1.82, 2.24) is 79.6 Å². The predicted octanol–water partition coefficient (Wildman–Crippen LogP) is 12.8. The average Bonchev–Trinajstić information content (AvgIpc) is 1.81. The van der Waals surface area contributed by atoms with Crippen LogP contribution in [0, 0.1) is 40.5 Å². The lowest BCUT2D eigenvalue weighted by Gasteiger charge is -2.28. The Morgan fingerprint density at radius 3 is 1.20 bits per heavy atom. The minimum atomic E-state index is -3.67. The van der Waals surface area contributed by atoms with Gasteiger partial charge in [-0.05, 0) is 240 Å². The lowest BCUT2D eigenvalue weighted by atomic mass is 10.0. The zero-order chi connectivity index (χ0) is 103. The number of nitrogen functional groups attached to an aromatic ring is 6. The number of nitrogens with zero attached hydrogens (tertiary/aromatic N) is 15. The number of aryl methyl sites for hydroxylation is 7. The smallest absolute Gasteiger partial charge is 0.248 e. The first-order chi connectivity index (χ1) is 68.2. The first kappa shape index (κ1) is 106. The summed E-state index contributed by atoms with van der Waals surface area (Å²) in [4.78, 5) is 109. The molecule has 0 fully saturated rings. The van der Waals surface area contributed by atoms with E-state index in [0.717, 1.165) is 184 Å². The van der Waals surface area contributed by atoms with Gasteiger partial charge in [-0.25, -0.2) is 72.0 Å². The molecule has 14 aromatic rings. The second-order valence-corrected chi connectivity index (χ2v) is 38.2. The summed E-state index contributed by atoms with van der Waals surface area (Å²) in [7, 11) is -7.34. The Kier molecular flexibility index (Phi) is 36.6. The van der Waals surface area contributed by atoms with Gasteiger partial charge in [-0.2, -0.15) is 19.9 Å². The van der Waals surface area contributed by atoms with Gasteiger partial charge < -0.3 is 76.6 Å². The third kappa shape index (κ3) is 30.8. The van der Waals surface area contributed by atoms with Gasteiger partial charge in [0.05, 0.1) is 50.3 Å². The predicted molar refractivity (Wildman–Crippen MR) is 563 cm³/mol. The fourth-order valence-electron chi connectivity index (χ4n) is 15.8. The number of aromatic amines is 1.